The van der Waals surface area contributed by atoms with Gasteiger partial charge in [0.25, 0.3) is 0 Å². The number of carbonyl (C=O) groups is 1. The Morgan fingerprint density at radius 3 is 2.75 bits per heavy atom. The second-order valence-electron chi connectivity index (χ2n) is 7.62. The molecule has 0 aliphatic carbocycles. The standard InChI is InChI=1S/C20H28N2O2/c1-14-13-24-15(2)11-22(14)12-16(23)10-19-20(3,4)17-8-6-7-9-18(17)21(19)5/h6-10,14-15H,11-13H2,1-5H3/b19-10-/t14-,15+/m0/s1. The van der Waals surface area contributed by atoms with E-state index in [-0.39, 0.29) is 23.3 Å². The van der Waals surface area contributed by atoms with Crippen LogP contribution in [0.2, 0.25) is 0 Å². The van der Waals surface area contributed by atoms with Crippen LogP contribution in [0.3, 0.4) is 0 Å². The molecular weight excluding hydrogens is 300 g/mol. The smallest absolute Gasteiger partial charge is 0.171 e. The van der Waals surface area contributed by atoms with E-state index in [0.717, 1.165) is 12.2 Å². The van der Waals surface area contributed by atoms with Crippen LogP contribution in [0.25, 0.3) is 0 Å². The molecule has 0 unspecified atom stereocenters. The number of para-hydroxylation sites is 1. The summed E-state index contributed by atoms with van der Waals surface area (Å²) in [6.07, 6.45) is 2.03. The number of benzene rings is 1. The summed E-state index contributed by atoms with van der Waals surface area (Å²) in [4.78, 5) is 17.1. The average molecular weight is 328 g/mol. The van der Waals surface area contributed by atoms with Crippen molar-refractivity contribution in [2.45, 2.75) is 45.3 Å². The monoisotopic (exact) mass is 328 g/mol. The predicted molar refractivity (Wildman–Crippen MR) is 97.4 cm³/mol. The van der Waals surface area contributed by atoms with Crippen LogP contribution >= 0.6 is 0 Å². The molecule has 4 nitrogen and oxygen atoms in total. The molecule has 0 aromatic heterocycles. The lowest BCUT2D eigenvalue weighted by molar-refractivity contribution is -0.119. The number of ether oxygens (including phenoxy) is 1. The fraction of sp³-hybridized carbons (Fsp3) is 0.550. The van der Waals surface area contributed by atoms with E-state index in [0.29, 0.717) is 13.2 Å². The van der Waals surface area contributed by atoms with Gasteiger partial charge in [0.1, 0.15) is 0 Å². The molecule has 1 saturated heterocycles. The quantitative estimate of drug-likeness (QED) is 0.799. The number of rotatable bonds is 3. The number of allylic oxidation sites excluding steroid dienone is 1. The molecule has 3 rings (SSSR count). The maximum atomic E-state index is 12.7. The molecule has 1 aromatic rings. The summed E-state index contributed by atoms with van der Waals surface area (Å²) in [5.41, 5.74) is 3.39. The number of likely N-dealkylation sites (N-methyl/N-ethyl adjacent to an activating group) is 1. The summed E-state index contributed by atoms with van der Waals surface area (Å²) in [5, 5.41) is 0. The molecule has 2 heterocycles. The SMILES string of the molecule is C[C@@H]1CN(CC(=O)/C=C2\N(C)c3ccccc3C2(C)C)[C@@H](C)CO1. The van der Waals surface area contributed by atoms with Gasteiger partial charge >= 0.3 is 0 Å². The van der Waals surface area contributed by atoms with Crippen LogP contribution in [0.4, 0.5) is 5.69 Å². The Labute approximate surface area is 145 Å². The summed E-state index contributed by atoms with van der Waals surface area (Å²) < 4.78 is 5.65. The van der Waals surface area contributed by atoms with Crippen LogP contribution in [0.1, 0.15) is 33.3 Å². The van der Waals surface area contributed by atoms with Crippen LogP contribution < -0.4 is 4.90 Å². The molecule has 0 bridgehead atoms. The number of nitrogens with zero attached hydrogens (tertiary/aromatic N) is 2. The summed E-state index contributed by atoms with van der Waals surface area (Å²) in [6.45, 7) is 10.5. The van der Waals surface area contributed by atoms with Gasteiger partial charge in [-0.15, -0.1) is 0 Å². The van der Waals surface area contributed by atoms with Crippen molar-refractivity contribution in [2.24, 2.45) is 0 Å². The van der Waals surface area contributed by atoms with Crippen LogP contribution in [-0.2, 0) is 14.9 Å². The van der Waals surface area contributed by atoms with Crippen LogP contribution in [0, 0.1) is 0 Å². The minimum absolute atomic E-state index is 0.148. The van der Waals surface area contributed by atoms with E-state index in [1.165, 1.54) is 11.3 Å². The van der Waals surface area contributed by atoms with E-state index in [1.54, 1.807) is 0 Å². The van der Waals surface area contributed by atoms with E-state index in [4.69, 9.17) is 4.74 Å². The van der Waals surface area contributed by atoms with Crippen LogP contribution in [0.15, 0.2) is 36.0 Å². The zero-order valence-corrected chi connectivity index (χ0v) is 15.4. The summed E-state index contributed by atoms with van der Waals surface area (Å²) >= 11 is 0. The fourth-order valence-corrected chi connectivity index (χ4v) is 3.85. The van der Waals surface area contributed by atoms with Gasteiger partial charge in [-0.1, -0.05) is 32.0 Å². The molecule has 1 fully saturated rings. The van der Waals surface area contributed by atoms with Crippen molar-refractivity contribution in [3.05, 3.63) is 41.6 Å². The van der Waals surface area contributed by atoms with Gasteiger partial charge in [-0.05, 0) is 25.5 Å². The molecule has 2 atom stereocenters. The molecule has 4 heteroatoms. The third kappa shape index (κ3) is 3.01. The van der Waals surface area contributed by atoms with Gasteiger partial charge in [0.2, 0.25) is 0 Å². The van der Waals surface area contributed by atoms with Gasteiger partial charge < -0.3 is 9.64 Å². The lowest BCUT2D eigenvalue weighted by Crippen LogP contribution is -2.49. The van der Waals surface area contributed by atoms with Gasteiger partial charge in [-0.2, -0.15) is 0 Å². The van der Waals surface area contributed by atoms with Crippen molar-refractivity contribution in [3.63, 3.8) is 0 Å². The summed E-state index contributed by atoms with van der Waals surface area (Å²) in [6, 6.07) is 8.68. The van der Waals surface area contributed by atoms with Gasteiger partial charge in [-0.25, -0.2) is 0 Å². The molecule has 0 spiro atoms. The van der Waals surface area contributed by atoms with Crippen molar-refractivity contribution >= 4 is 11.5 Å². The normalized spacial score (nSPS) is 28.2. The molecule has 0 amide bonds. The minimum Gasteiger partial charge on any atom is -0.376 e. The van der Waals surface area contributed by atoms with Crippen molar-refractivity contribution in [1.82, 2.24) is 4.90 Å². The van der Waals surface area contributed by atoms with Crippen molar-refractivity contribution in [1.29, 1.82) is 0 Å². The highest BCUT2D eigenvalue weighted by molar-refractivity contribution is 5.94. The van der Waals surface area contributed by atoms with E-state index in [2.05, 4.69) is 55.7 Å². The Kier molecular flexibility index (Phi) is 4.54. The maximum Gasteiger partial charge on any atom is 0.171 e. The topological polar surface area (TPSA) is 32.8 Å². The molecule has 1 aromatic carbocycles. The highest BCUT2D eigenvalue weighted by Crippen LogP contribution is 2.46. The van der Waals surface area contributed by atoms with E-state index in [1.807, 2.05) is 19.2 Å². The average Bonchev–Trinajstić information content (AvgIpc) is 2.72. The van der Waals surface area contributed by atoms with Crippen molar-refractivity contribution in [2.75, 3.05) is 31.6 Å². The predicted octanol–water partition coefficient (Wildman–Crippen LogP) is 2.98. The molecule has 2 aliphatic rings. The lowest BCUT2D eigenvalue weighted by atomic mass is 9.83. The van der Waals surface area contributed by atoms with Gasteiger partial charge in [0.15, 0.2) is 5.78 Å². The summed E-state index contributed by atoms with van der Waals surface area (Å²) in [7, 11) is 2.05. The van der Waals surface area contributed by atoms with Crippen LogP contribution in [-0.4, -0.2) is 49.6 Å². The molecule has 0 N–H and O–H groups in total. The number of anilines is 1. The molecule has 24 heavy (non-hydrogen) atoms. The fourth-order valence-electron chi connectivity index (χ4n) is 3.85. The number of hydrogen-bond donors (Lipinski definition) is 0. The highest BCUT2D eigenvalue weighted by Gasteiger charge is 2.38. The minimum atomic E-state index is -0.148. The first kappa shape index (κ1) is 17.2. The Hall–Kier alpha value is -1.65. The zero-order chi connectivity index (χ0) is 17.5. The first-order valence-corrected chi connectivity index (χ1v) is 8.74. The number of ketones is 1. The second-order valence-corrected chi connectivity index (χ2v) is 7.62. The Morgan fingerprint density at radius 1 is 1.33 bits per heavy atom. The van der Waals surface area contributed by atoms with Crippen molar-refractivity contribution in [3.8, 4) is 0 Å². The first-order valence-electron chi connectivity index (χ1n) is 8.74. The highest BCUT2D eigenvalue weighted by atomic mass is 16.5. The Balaban J connectivity index is 1.80. The molecule has 130 valence electrons. The first-order chi connectivity index (χ1) is 11.3. The Bertz CT molecular complexity index is 665. The van der Waals surface area contributed by atoms with Gasteiger partial charge in [-0.3, -0.25) is 9.69 Å². The molecular formula is C20H28N2O2. The number of fused-ring (bicyclic) bond motifs is 1. The second kappa shape index (κ2) is 6.34. The van der Waals surface area contributed by atoms with Crippen LogP contribution in [0.5, 0.6) is 0 Å². The Morgan fingerprint density at radius 2 is 2.04 bits per heavy atom. The lowest BCUT2D eigenvalue weighted by Gasteiger charge is -2.36. The zero-order valence-electron chi connectivity index (χ0n) is 15.4. The van der Waals surface area contributed by atoms with Gasteiger partial charge in [0, 0.05) is 42.5 Å². The largest absolute Gasteiger partial charge is 0.376 e. The molecule has 2 aliphatic heterocycles. The third-order valence-corrected chi connectivity index (χ3v) is 5.33. The maximum absolute atomic E-state index is 12.7. The number of carbonyl (C=O) groups excluding carboxylic acids is 1. The molecule has 0 radical (unpaired) electrons. The third-order valence-electron chi connectivity index (χ3n) is 5.33. The number of morpholine rings is 1. The van der Waals surface area contributed by atoms with E-state index in [9.17, 15) is 4.79 Å². The van der Waals surface area contributed by atoms with E-state index >= 15 is 0 Å². The molecule has 0 saturated carbocycles. The van der Waals surface area contributed by atoms with E-state index < -0.39 is 0 Å². The number of hydrogen-bond acceptors (Lipinski definition) is 4. The van der Waals surface area contributed by atoms with Crippen molar-refractivity contribution < 1.29 is 9.53 Å². The van der Waals surface area contributed by atoms with Gasteiger partial charge in [0.05, 0.1) is 19.3 Å². The summed E-state index contributed by atoms with van der Waals surface area (Å²) in [5.74, 6) is 0.165.